The van der Waals surface area contributed by atoms with Crippen LogP contribution in [0.25, 0.3) is 17.3 Å². The molecule has 0 aliphatic carbocycles. The molecule has 3 N–H and O–H groups in total. The van der Waals surface area contributed by atoms with E-state index in [2.05, 4.69) is 20.9 Å². The molecule has 0 saturated heterocycles. The van der Waals surface area contributed by atoms with Crippen LogP contribution in [-0.4, -0.2) is 44.0 Å². The standard InChI is InChI=1S/C42H36N4O6S2/c1-50-32-20-17-27(18-21-32)23-34(44-39(47)29-13-8-5-9-14-29)40(48)43-31-15-10-16-33(25-31)54-38(28-11-6-4-7-12-28)41(49)46-42-45-35(26-53-42)30-19-22-36(51-2)37(24-30)52-3/h4-26,38H,1-3H3,(H,43,48)(H,44,47)(H,45,46,49)/b34-23+. The molecule has 12 heteroatoms. The first-order chi connectivity index (χ1) is 26.3. The lowest BCUT2D eigenvalue weighted by Crippen LogP contribution is -2.30. The second-order valence-electron chi connectivity index (χ2n) is 11.6. The van der Waals surface area contributed by atoms with E-state index in [1.165, 1.54) is 23.1 Å². The van der Waals surface area contributed by atoms with Gasteiger partial charge in [-0.2, -0.15) is 0 Å². The molecular weight excluding hydrogens is 721 g/mol. The number of amides is 3. The van der Waals surface area contributed by atoms with Gasteiger partial charge in [-0.3, -0.25) is 14.4 Å². The molecule has 0 aliphatic rings. The van der Waals surface area contributed by atoms with E-state index >= 15 is 0 Å². The van der Waals surface area contributed by atoms with Crippen LogP contribution in [0.3, 0.4) is 0 Å². The van der Waals surface area contributed by atoms with Crippen LogP contribution in [0.2, 0.25) is 0 Å². The van der Waals surface area contributed by atoms with Crippen LogP contribution in [0.15, 0.2) is 143 Å². The number of thioether (sulfide) groups is 1. The molecule has 6 rings (SSSR count). The summed E-state index contributed by atoms with van der Waals surface area (Å²) in [6.45, 7) is 0. The number of ether oxygens (including phenoxy) is 3. The third-order valence-corrected chi connectivity index (χ3v) is 10.1. The molecule has 0 aliphatic heterocycles. The molecule has 1 unspecified atom stereocenters. The molecule has 3 amide bonds. The zero-order chi connectivity index (χ0) is 37.9. The highest BCUT2D eigenvalue weighted by molar-refractivity contribution is 8.00. The van der Waals surface area contributed by atoms with Crippen molar-refractivity contribution in [2.75, 3.05) is 32.0 Å². The highest BCUT2D eigenvalue weighted by atomic mass is 32.2. The number of benzene rings is 5. The summed E-state index contributed by atoms with van der Waals surface area (Å²) >= 11 is 2.65. The van der Waals surface area contributed by atoms with E-state index in [1.54, 1.807) is 94.1 Å². The second kappa shape index (κ2) is 17.9. The molecule has 54 heavy (non-hydrogen) atoms. The Morgan fingerprint density at radius 2 is 1.46 bits per heavy atom. The molecular formula is C42H36N4O6S2. The Bertz CT molecular complexity index is 2260. The normalized spacial score (nSPS) is 11.6. The number of nitrogens with zero attached hydrogens (tertiary/aromatic N) is 1. The van der Waals surface area contributed by atoms with Gasteiger partial charge in [-0.25, -0.2) is 4.98 Å². The van der Waals surface area contributed by atoms with Crippen LogP contribution in [0.5, 0.6) is 17.2 Å². The first-order valence-electron chi connectivity index (χ1n) is 16.7. The highest BCUT2D eigenvalue weighted by Crippen LogP contribution is 2.38. The molecule has 1 atom stereocenters. The summed E-state index contributed by atoms with van der Waals surface area (Å²) in [4.78, 5) is 46.2. The van der Waals surface area contributed by atoms with Crippen molar-refractivity contribution >= 4 is 57.7 Å². The molecule has 6 aromatic rings. The summed E-state index contributed by atoms with van der Waals surface area (Å²) in [5.74, 6) is 0.633. The van der Waals surface area contributed by atoms with E-state index in [4.69, 9.17) is 14.2 Å². The van der Waals surface area contributed by atoms with Crippen molar-refractivity contribution in [3.63, 3.8) is 0 Å². The van der Waals surface area contributed by atoms with Gasteiger partial charge in [-0.05, 0) is 77.9 Å². The first-order valence-corrected chi connectivity index (χ1v) is 18.4. The lowest BCUT2D eigenvalue weighted by atomic mass is 10.1. The minimum absolute atomic E-state index is 0.0458. The summed E-state index contributed by atoms with van der Waals surface area (Å²) in [6, 6.07) is 37.9. The molecule has 10 nitrogen and oxygen atoms in total. The van der Waals surface area contributed by atoms with E-state index < -0.39 is 17.1 Å². The number of carbonyl (C=O) groups is 3. The number of hydrogen-bond acceptors (Lipinski definition) is 9. The Labute approximate surface area is 321 Å². The number of anilines is 2. The van der Waals surface area contributed by atoms with E-state index in [-0.39, 0.29) is 11.6 Å². The van der Waals surface area contributed by atoms with Crippen molar-refractivity contribution in [2.45, 2.75) is 10.1 Å². The number of thiazole rings is 1. The average Bonchev–Trinajstić information content (AvgIpc) is 3.68. The zero-order valence-electron chi connectivity index (χ0n) is 29.6. The van der Waals surface area contributed by atoms with Gasteiger partial charge in [0.1, 0.15) is 16.7 Å². The van der Waals surface area contributed by atoms with Crippen LogP contribution < -0.4 is 30.2 Å². The number of hydrogen-bond donors (Lipinski definition) is 3. The minimum atomic E-state index is -0.652. The molecule has 0 spiro atoms. The molecule has 1 aromatic heterocycles. The van der Waals surface area contributed by atoms with Gasteiger partial charge in [0.05, 0.1) is 27.0 Å². The summed E-state index contributed by atoms with van der Waals surface area (Å²) in [6.07, 6.45) is 1.60. The Kier molecular flexibility index (Phi) is 12.4. The largest absolute Gasteiger partial charge is 0.497 e. The Balaban J connectivity index is 1.20. The number of aromatic nitrogens is 1. The predicted molar refractivity (Wildman–Crippen MR) is 214 cm³/mol. The maximum Gasteiger partial charge on any atom is 0.272 e. The topological polar surface area (TPSA) is 128 Å². The van der Waals surface area contributed by atoms with E-state index in [1.807, 2.05) is 66.0 Å². The van der Waals surface area contributed by atoms with Gasteiger partial charge >= 0.3 is 0 Å². The van der Waals surface area contributed by atoms with Crippen molar-refractivity contribution in [2.24, 2.45) is 0 Å². The van der Waals surface area contributed by atoms with Crippen LogP contribution in [0.1, 0.15) is 26.7 Å². The summed E-state index contributed by atoms with van der Waals surface area (Å²) in [5, 5.41) is 10.3. The third-order valence-electron chi connectivity index (χ3n) is 8.06. The van der Waals surface area contributed by atoms with Crippen LogP contribution in [0, 0.1) is 0 Å². The molecule has 0 bridgehead atoms. The number of methoxy groups -OCH3 is 3. The summed E-state index contributed by atoms with van der Waals surface area (Å²) in [7, 11) is 4.72. The van der Waals surface area contributed by atoms with Crippen LogP contribution in [-0.2, 0) is 9.59 Å². The minimum Gasteiger partial charge on any atom is -0.497 e. The number of rotatable bonds is 14. The summed E-state index contributed by atoms with van der Waals surface area (Å²) < 4.78 is 16.1. The van der Waals surface area contributed by atoms with Gasteiger partial charge in [0.2, 0.25) is 5.91 Å². The predicted octanol–water partition coefficient (Wildman–Crippen LogP) is 8.72. The van der Waals surface area contributed by atoms with Gasteiger partial charge in [0.15, 0.2) is 16.6 Å². The zero-order valence-corrected chi connectivity index (χ0v) is 31.2. The maximum atomic E-state index is 13.9. The van der Waals surface area contributed by atoms with Crippen LogP contribution in [0.4, 0.5) is 10.8 Å². The molecule has 272 valence electrons. The van der Waals surface area contributed by atoms with Crippen molar-refractivity contribution < 1.29 is 28.6 Å². The lowest BCUT2D eigenvalue weighted by Gasteiger charge is -2.17. The van der Waals surface area contributed by atoms with Crippen molar-refractivity contribution in [1.29, 1.82) is 0 Å². The second-order valence-corrected chi connectivity index (χ2v) is 13.7. The van der Waals surface area contributed by atoms with Crippen molar-refractivity contribution in [3.8, 4) is 28.5 Å². The monoisotopic (exact) mass is 756 g/mol. The van der Waals surface area contributed by atoms with Gasteiger partial charge in [0, 0.05) is 27.1 Å². The van der Waals surface area contributed by atoms with Crippen molar-refractivity contribution in [3.05, 3.63) is 155 Å². The van der Waals surface area contributed by atoms with Crippen molar-refractivity contribution in [1.82, 2.24) is 10.3 Å². The molecule has 0 saturated carbocycles. The summed E-state index contributed by atoms with van der Waals surface area (Å²) in [5.41, 5.74) is 3.91. The fourth-order valence-electron chi connectivity index (χ4n) is 5.32. The number of nitrogens with one attached hydrogen (secondary N) is 3. The first kappa shape index (κ1) is 37.4. The SMILES string of the molecule is COc1ccc(/C=C(/NC(=O)c2ccccc2)C(=O)Nc2cccc(SC(C(=O)Nc3nc(-c4ccc(OC)c(OC)c4)cs3)c3ccccc3)c2)cc1. The molecule has 1 heterocycles. The van der Waals surface area contributed by atoms with Crippen LogP contribution >= 0.6 is 23.1 Å². The molecule has 0 fully saturated rings. The fourth-order valence-corrected chi connectivity index (χ4v) is 7.13. The van der Waals surface area contributed by atoms with E-state index in [9.17, 15) is 14.4 Å². The van der Waals surface area contributed by atoms with Gasteiger partial charge in [-0.1, -0.05) is 66.7 Å². The highest BCUT2D eigenvalue weighted by Gasteiger charge is 2.24. The van der Waals surface area contributed by atoms with E-state index in [0.717, 1.165) is 16.0 Å². The Hall–Kier alpha value is -6.37. The third kappa shape index (κ3) is 9.54. The number of carbonyl (C=O) groups excluding carboxylic acids is 3. The molecule has 0 radical (unpaired) electrons. The Morgan fingerprint density at radius 3 is 2.17 bits per heavy atom. The van der Waals surface area contributed by atoms with Gasteiger partial charge in [0.25, 0.3) is 11.8 Å². The quantitative estimate of drug-likeness (QED) is 0.0744. The van der Waals surface area contributed by atoms with E-state index in [0.29, 0.717) is 44.9 Å². The smallest absolute Gasteiger partial charge is 0.272 e. The van der Waals surface area contributed by atoms with Gasteiger partial charge in [-0.15, -0.1) is 23.1 Å². The molecule has 5 aromatic carbocycles. The maximum absolute atomic E-state index is 13.9. The average molecular weight is 757 g/mol. The van der Waals surface area contributed by atoms with Gasteiger partial charge < -0.3 is 30.2 Å². The fraction of sp³-hybridized carbons (Fsp3) is 0.0952. The lowest BCUT2D eigenvalue weighted by molar-refractivity contribution is -0.116. The Morgan fingerprint density at radius 1 is 0.741 bits per heavy atom.